The van der Waals surface area contributed by atoms with E-state index in [0.29, 0.717) is 6.54 Å². The quantitative estimate of drug-likeness (QED) is 0.889. The van der Waals surface area contributed by atoms with Crippen molar-refractivity contribution >= 4 is 11.6 Å². The molecule has 5 heteroatoms. The maximum Gasteiger partial charge on any atom is 0.239 e. The van der Waals surface area contributed by atoms with Crippen LogP contribution in [-0.4, -0.2) is 12.5 Å². The van der Waals surface area contributed by atoms with Crippen LogP contribution in [0.5, 0.6) is 0 Å². The Labute approximate surface area is 122 Å². The summed E-state index contributed by atoms with van der Waals surface area (Å²) in [4.78, 5) is 11.7. The van der Waals surface area contributed by atoms with E-state index in [4.69, 9.17) is 0 Å². The number of anilines is 1. The van der Waals surface area contributed by atoms with Gasteiger partial charge in [-0.25, -0.2) is 8.78 Å². The summed E-state index contributed by atoms with van der Waals surface area (Å²) >= 11 is 0. The highest BCUT2D eigenvalue weighted by Gasteiger charge is 2.06. The molecule has 0 fully saturated rings. The first-order valence-electron chi connectivity index (χ1n) is 6.56. The second-order valence-electron chi connectivity index (χ2n) is 4.68. The summed E-state index contributed by atoms with van der Waals surface area (Å²) < 4.78 is 26.3. The van der Waals surface area contributed by atoms with Gasteiger partial charge in [0.1, 0.15) is 11.6 Å². The Hall–Kier alpha value is -2.43. The highest BCUT2D eigenvalue weighted by atomic mass is 19.1. The lowest BCUT2D eigenvalue weighted by Crippen LogP contribution is -2.29. The molecule has 0 bridgehead atoms. The maximum absolute atomic E-state index is 13.4. The summed E-state index contributed by atoms with van der Waals surface area (Å²) in [5.74, 6) is -1.44. The van der Waals surface area contributed by atoms with Gasteiger partial charge < -0.3 is 10.6 Å². The molecule has 0 heterocycles. The predicted molar refractivity (Wildman–Crippen MR) is 77.9 cm³/mol. The van der Waals surface area contributed by atoms with Crippen molar-refractivity contribution in [2.75, 3.05) is 11.9 Å². The van der Waals surface area contributed by atoms with Gasteiger partial charge in [0.2, 0.25) is 5.91 Å². The highest BCUT2D eigenvalue weighted by Crippen LogP contribution is 2.14. The van der Waals surface area contributed by atoms with Crippen molar-refractivity contribution in [3.05, 3.63) is 65.2 Å². The molecule has 0 saturated carbocycles. The summed E-state index contributed by atoms with van der Waals surface area (Å²) in [6, 6.07) is 10.8. The van der Waals surface area contributed by atoms with Crippen molar-refractivity contribution in [2.24, 2.45) is 0 Å². The van der Waals surface area contributed by atoms with Crippen LogP contribution in [0.1, 0.15) is 11.1 Å². The Kier molecular flexibility index (Phi) is 4.87. The van der Waals surface area contributed by atoms with Crippen LogP contribution in [0.3, 0.4) is 0 Å². The van der Waals surface area contributed by atoms with Crippen molar-refractivity contribution in [3.8, 4) is 0 Å². The minimum atomic E-state index is -0.594. The molecule has 2 N–H and O–H groups in total. The molecule has 0 aromatic heterocycles. The number of carbonyl (C=O) groups excluding carboxylic acids is 1. The third-order valence-corrected chi connectivity index (χ3v) is 3.11. The van der Waals surface area contributed by atoms with Gasteiger partial charge in [0.25, 0.3) is 0 Å². The fourth-order valence-corrected chi connectivity index (χ4v) is 1.87. The van der Waals surface area contributed by atoms with Gasteiger partial charge in [-0.1, -0.05) is 24.3 Å². The van der Waals surface area contributed by atoms with E-state index in [2.05, 4.69) is 10.6 Å². The third kappa shape index (κ3) is 4.27. The number of rotatable bonds is 5. The zero-order chi connectivity index (χ0) is 15.2. The van der Waals surface area contributed by atoms with E-state index in [0.717, 1.165) is 29.3 Å². The van der Waals surface area contributed by atoms with Crippen LogP contribution in [0.25, 0.3) is 0 Å². The molecule has 0 aliphatic carbocycles. The molecule has 2 aromatic rings. The molecular formula is C16H16F2N2O. The van der Waals surface area contributed by atoms with Gasteiger partial charge in [0.15, 0.2) is 0 Å². The SMILES string of the molecule is Cc1ccccc1CNC(=O)CNc1cc(F)ccc1F. The molecule has 0 atom stereocenters. The number of aryl methyl sites for hydroxylation is 1. The van der Waals surface area contributed by atoms with Gasteiger partial charge in [0.05, 0.1) is 12.2 Å². The topological polar surface area (TPSA) is 41.1 Å². The molecule has 0 unspecified atom stereocenters. The van der Waals surface area contributed by atoms with Crippen LogP contribution in [0, 0.1) is 18.6 Å². The molecule has 0 aliphatic heterocycles. The second kappa shape index (κ2) is 6.83. The highest BCUT2D eigenvalue weighted by molar-refractivity contribution is 5.80. The zero-order valence-corrected chi connectivity index (χ0v) is 11.6. The fourth-order valence-electron chi connectivity index (χ4n) is 1.87. The molecule has 2 aromatic carbocycles. The van der Waals surface area contributed by atoms with E-state index in [1.165, 1.54) is 0 Å². The van der Waals surface area contributed by atoms with Gasteiger partial charge >= 0.3 is 0 Å². The second-order valence-corrected chi connectivity index (χ2v) is 4.68. The van der Waals surface area contributed by atoms with Crippen LogP contribution >= 0.6 is 0 Å². The summed E-state index contributed by atoms with van der Waals surface area (Å²) in [5, 5.41) is 5.30. The summed E-state index contributed by atoms with van der Waals surface area (Å²) in [6.07, 6.45) is 0. The Morgan fingerprint density at radius 2 is 1.90 bits per heavy atom. The van der Waals surface area contributed by atoms with Crippen LogP contribution in [0.4, 0.5) is 14.5 Å². The van der Waals surface area contributed by atoms with Gasteiger partial charge in [-0.2, -0.15) is 0 Å². The minimum absolute atomic E-state index is 0.0268. The number of halogens is 2. The lowest BCUT2D eigenvalue weighted by molar-refractivity contribution is -0.119. The molecule has 0 radical (unpaired) electrons. The van der Waals surface area contributed by atoms with E-state index in [1.807, 2.05) is 31.2 Å². The third-order valence-electron chi connectivity index (χ3n) is 3.11. The molecule has 0 aliphatic rings. The molecule has 2 rings (SSSR count). The van der Waals surface area contributed by atoms with E-state index >= 15 is 0 Å². The summed E-state index contributed by atoms with van der Waals surface area (Å²) in [5.41, 5.74) is 2.07. The van der Waals surface area contributed by atoms with E-state index in [9.17, 15) is 13.6 Å². The lowest BCUT2D eigenvalue weighted by atomic mass is 10.1. The molecule has 1 amide bonds. The van der Waals surface area contributed by atoms with Gasteiger partial charge in [-0.15, -0.1) is 0 Å². The normalized spacial score (nSPS) is 10.2. The first kappa shape index (κ1) is 15.0. The number of hydrogen-bond acceptors (Lipinski definition) is 2. The average Bonchev–Trinajstić information content (AvgIpc) is 2.47. The molecule has 21 heavy (non-hydrogen) atoms. The van der Waals surface area contributed by atoms with Crippen LogP contribution in [-0.2, 0) is 11.3 Å². The Bertz CT molecular complexity index is 644. The predicted octanol–water partition coefficient (Wildman–Crippen LogP) is 3.00. The number of hydrogen-bond donors (Lipinski definition) is 2. The summed E-state index contributed by atoms with van der Waals surface area (Å²) in [6.45, 7) is 2.24. The van der Waals surface area contributed by atoms with Crippen molar-refractivity contribution < 1.29 is 13.6 Å². The van der Waals surface area contributed by atoms with Gasteiger partial charge in [-0.05, 0) is 36.2 Å². The fraction of sp³-hybridized carbons (Fsp3) is 0.188. The lowest BCUT2D eigenvalue weighted by Gasteiger charge is -2.10. The van der Waals surface area contributed by atoms with Gasteiger partial charge in [0, 0.05) is 6.54 Å². The van der Waals surface area contributed by atoms with Crippen molar-refractivity contribution in [1.29, 1.82) is 0 Å². The van der Waals surface area contributed by atoms with Crippen LogP contribution < -0.4 is 10.6 Å². The standard InChI is InChI=1S/C16H16F2N2O/c1-11-4-2-3-5-12(11)9-20-16(21)10-19-15-8-13(17)6-7-14(15)18/h2-8,19H,9-10H2,1H3,(H,20,21). The number of amides is 1. The van der Waals surface area contributed by atoms with E-state index in [-0.39, 0.29) is 18.1 Å². The first-order valence-corrected chi connectivity index (χ1v) is 6.56. The first-order chi connectivity index (χ1) is 10.1. The smallest absolute Gasteiger partial charge is 0.239 e. The Balaban J connectivity index is 1.85. The van der Waals surface area contributed by atoms with Crippen molar-refractivity contribution in [3.63, 3.8) is 0 Å². The number of benzene rings is 2. The van der Waals surface area contributed by atoms with Gasteiger partial charge in [-0.3, -0.25) is 4.79 Å². The Morgan fingerprint density at radius 1 is 1.14 bits per heavy atom. The van der Waals surface area contributed by atoms with Crippen molar-refractivity contribution in [1.82, 2.24) is 5.32 Å². The molecule has 110 valence electrons. The number of nitrogens with one attached hydrogen (secondary N) is 2. The summed E-state index contributed by atoms with van der Waals surface area (Å²) in [7, 11) is 0. The molecule has 0 spiro atoms. The van der Waals surface area contributed by atoms with E-state index < -0.39 is 11.6 Å². The largest absolute Gasteiger partial charge is 0.374 e. The molecule has 3 nitrogen and oxygen atoms in total. The molecular weight excluding hydrogens is 274 g/mol. The number of carbonyl (C=O) groups is 1. The average molecular weight is 290 g/mol. The monoisotopic (exact) mass is 290 g/mol. The maximum atomic E-state index is 13.4. The zero-order valence-electron chi connectivity index (χ0n) is 11.6. The minimum Gasteiger partial charge on any atom is -0.374 e. The molecule has 0 saturated heterocycles. The Morgan fingerprint density at radius 3 is 2.67 bits per heavy atom. The van der Waals surface area contributed by atoms with Crippen molar-refractivity contribution in [2.45, 2.75) is 13.5 Å². The van der Waals surface area contributed by atoms with Crippen LogP contribution in [0.2, 0.25) is 0 Å². The van der Waals surface area contributed by atoms with Crippen LogP contribution in [0.15, 0.2) is 42.5 Å². The van der Waals surface area contributed by atoms with E-state index in [1.54, 1.807) is 0 Å².